The number of carbonyl (C=O) groups is 4. The number of anilines is 1. The van der Waals surface area contributed by atoms with E-state index in [-0.39, 0.29) is 31.0 Å². The fraction of sp³-hybridized carbons (Fsp3) is 0.644. The molecule has 2 saturated heterocycles. The normalized spacial score (nSPS) is 27.4. The van der Waals surface area contributed by atoms with Gasteiger partial charge in [0.25, 0.3) is 0 Å². The van der Waals surface area contributed by atoms with Gasteiger partial charge in [0.15, 0.2) is 5.13 Å². The van der Waals surface area contributed by atoms with E-state index in [1.165, 1.54) is 22.7 Å². The molecule has 0 radical (unpaired) electrons. The Morgan fingerprint density at radius 2 is 1.77 bits per heavy atom. The van der Waals surface area contributed by atoms with Gasteiger partial charge in [0.1, 0.15) is 53.6 Å². The number of likely N-dealkylation sites (tertiary alicyclic amines) is 1. The average molecular weight is 876 g/mol. The molecular formula is C45H61N7O9S. The van der Waals surface area contributed by atoms with Crippen LogP contribution in [-0.2, 0) is 23.9 Å². The molecule has 3 saturated carbocycles. The molecule has 5 aliphatic rings. The molecular weight excluding hydrogens is 815 g/mol. The number of ether oxygens (including phenoxy) is 4. The lowest BCUT2D eigenvalue weighted by molar-refractivity contribution is -0.146. The molecule has 62 heavy (non-hydrogen) atoms. The maximum atomic E-state index is 14.8. The van der Waals surface area contributed by atoms with Crippen LogP contribution >= 0.6 is 11.3 Å². The Morgan fingerprint density at radius 3 is 2.45 bits per heavy atom. The van der Waals surface area contributed by atoms with E-state index < -0.39 is 53.0 Å². The molecule has 16 nitrogen and oxygen atoms in total. The van der Waals surface area contributed by atoms with Gasteiger partial charge in [-0.3, -0.25) is 14.5 Å². The Labute approximate surface area is 366 Å². The topological polar surface area (TPSA) is 194 Å². The van der Waals surface area contributed by atoms with Crippen LogP contribution in [0.5, 0.6) is 11.5 Å². The van der Waals surface area contributed by atoms with E-state index in [4.69, 9.17) is 28.9 Å². The number of rotatable bonds is 16. The number of fused-ring (bicyclic) bond motifs is 2. The first-order valence-electron chi connectivity index (χ1n) is 22.2. The minimum Gasteiger partial charge on any atom is -0.492 e. The minimum absolute atomic E-state index is 0.00450. The second-order valence-corrected chi connectivity index (χ2v) is 19.9. The highest BCUT2D eigenvalue weighted by Gasteiger charge is 2.61. The number of alkyl carbamates (subject to hydrolysis) is 1. The van der Waals surface area contributed by atoms with E-state index in [0.29, 0.717) is 78.3 Å². The summed E-state index contributed by atoms with van der Waals surface area (Å²) < 4.78 is 24.3. The monoisotopic (exact) mass is 875 g/mol. The third kappa shape index (κ3) is 9.74. The van der Waals surface area contributed by atoms with Gasteiger partial charge in [-0.2, -0.15) is 0 Å². The predicted octanol–water partition coefficient (Wildman–Crippen LogP) is 5.55. The van der Waals surface area contributed by atoms with Crippen molar-refractivity contribution in [1.82, 2.24) is 30.4 Å². The Kier molecular flexibility index (Phi) is 12.6. The zero-order chi connectivity index (χ0) is 43.9. The molecule has 2 aliphatic heterocycles. The van der Waals surface area contributed by atoms with Crippen LogP contribution in [0.25, 0.3) is 22.3 Å². The minimum atomic E-state index is -1.40. The summed E-state index contributed by atoms with van der Waals surface area (Å²) in [5, 5.41) is 22.6. The van der Waals surface area contributed by atoms with Crippen LogP contribution in [-0.4, -0.2) is 131 Å². The number of morpholine rings is 1. The first kappa shape index (κ1) is 43.9. The van der Waals surface area contributed by atoms with Gasteiger partial charge in [-0.25, -0.2) is 19.6 Å². The molecule has 17 heteroatoms. The molecule has 0 spiro atoms. The number of benzene rings is 1. The number of pyridine rings is 1. The zero-order valence-corrected chi connectivity index (χ0v) is 37.4. The molecule has 4 N–H and O–H groups in total. The van der Waals surface area contributed by atoms with Crippen molar-refractivity contribution >= 4 is 51.2 Å². The number of amides is 3. The molecule has 8 rings (SSSR count). The SMILES string of the molecule is CC[C@@H]1C[C@@]1(NC(=O)[C@@H]1C[C@@H](Oc2cc(-c3csc(NC(C)C)n3)nc3cc(OCCN4CCOCC4)ccc23)CN1C(=O)[C@@H](NC(=O)OC1C[C@@H]2C[C@@H]2C1)C(C)(C)C)C(=O)O. The number of carboxylic acid groups (broad SMARTS) is 1. The Balaban J connectivity index is 1.07. The van der Waals surface area contributed by atoms with Gasteiger partial charge in [-0.05, 0) is 74.8 Å². The molecule has 3 amide bonds. The number of carboxylic acids is 1. The van der Waals surface area contributed by atoms with Crippen LogP contribution in [0, 0.1) is 23.2 Å². The molecule has 1 aromatic carbocycles. The zero-order valence-electron chi connectivity index (χ0n) is 36.6. The fourth-order valence-corrected chi connectivity index (χ4v) is 10.2. The number of nitrogens with zero attached hydrogens (tertiary/aromatic N) is 4. The van der Waals surface area contributed by atoms with Crippen molar-refractivity contribution in [2.45, 2.75) is 116 Å². The van der Waals surface area contributed by atoms with Gasteiger partial charge >= 0.3 is 12.1 Å². The Morgan fingerprint density at radius 1 is 1.02 bits per heavy atom. The number of carbonyl (C=O) groups excluding carboxylic acids is 3. The molecule has 8 atom stereocenters. The summed E-state index contributed by atoms with van der Waals surface area (Å²) in [4.78, 5) is 68.5. The Hall–Kier alpha value is -4.74. The highest BCUT2D eigenvalue weighted by Crippen LogP contribution is 2.52. The van der Waals surface area contributed by atoms with Gasteiger partial charge in [0.05, 0.1) is 31.0 Å². The second-order valence-electron chi connectivity index (χ2n) is 19.1. The summed E-state index contributed by atoms with van der Waals surface area (Å²) in [6.45, 7) is 15.9. The van der Waals surface area contributed by atoms with Crippen molar-refractivity contribution < 1.29 is 43.2 Å². The van der Waals surface area contributed by atoms with Crippen LogP contribution in [0.1, 0.15) is 80.1 Å². The van der Waals surface area contributed by atoms with Crippen molar-refractivity contribution in [3.8, 4) is 22.9 Å². The molecule has 4 heterocycles. The first-order chi connectivity index (χ1) is 29.6. The smallest absolute Gasteiger partial charge is 0.408 e. The molecule has 3 aliphatic carbocycles. The Bertz CT molecular complexity index is 2140. The molecule has 2 aromatic heterocycles. The van der Waals surface area contributed by atoms with Crippen LogP contribution in [0.4, 0.5) is 9.93 Å². The summed E-state index contributed by atoms with van der Waals surface area (Å²) in [6.07, 6.45) is 2.27. The van der Waals surface area contributed by atoms with E-state index >= 15 is 0 Å². The summed E-state index contributed by atoms with van der Waals surface area (Å²) in [7, 11) is 0. The number of aromatic nitrogens is 2. The van der Waals surface area contributed by atoms with E-state index in [2.05, 4.69) is 20.9 Å². The average Bonchev–Trinajstić information content (AvgIpc) is 3.89. The van der Waals surface area contributed by atoms with Gasteiger partial charge in [-0.15, -0.1) is 11.3 Å². The summed E-state index contributed by atoms with van der Waals surface area (Å²) >= 11 is 1.47. The molecule has 5 fully saturated rings. The third-order valence-electron chi connectivity index (χ3n) is 13.0. The largest absolute Gasteiger partial charge is 0.492 e. The predicted molar refractivity (Wildman–Crippen MR) is 233 cm³/mol. The second kappa shape index (κ2) is 17.8. The summed E-state index contributed by atoms with van der Waals surface area (Å²) in [5.74, 6) is -0.0277. The van der Waals surface area contributed by atoms with Crippen LogP contribution in [0.2, 0.25) is 0 Å². The van der Waals surface area contributed by atoms with E-state index in [1.807, 2.05) is 71.2 Å². The van der Waals surface area contributed by atoms with E-state index in [9.17, 15) is 24.3 Å². The van der Waals surface area contributed by atoms with Crippen LogP contribution in [0.15, 0.2) is 29.6 Å². The van der Waals surface area contributed by atoms with Crippen LogP contribution in [0.3, 0.4) is 0 Å². The van der Waals surface area contributed by atoms with Crippen molar-refractivity contribution in [2.75, 3.05) is 51.3 Å². The van der Waals surface area contributed by atoms with Crippen molar-refractivity contribution in [3.63, 3.8) is 0 Å². The molecule has 3 aromatic rings. The quantitative estimate of drug-likeness (QED) is 0.140. The lowest BCUT2D eigenvalue weighted by Crippen LogP contribution is -2.59. The molecule has 336 valence electrons. The van der Waals surface area contributed by atoms with E-state index in [0.717, 1.165) is 37.6 Å². The number of thiazole rings is 1. The maximum Gasteiger partial charge on any atom is 0.408 e. The lowest BCUT2D eigenvalue weighted by atomic mass is 9.85. The maximum absolute atomic E-state index is 14.8. The fourth-order valence-electron chi connectivity index (χ4n) is 9.34. The first-order valence-corrected chi connectivity index (χ1v) is 23.1. The van der Waals surface area contributed by atoms with Gasteiger partial charge in [0.2, 0.25) is 11.8 Å². The standard InChI is InChI=1S/C45H61N7O9S/c1-7-28-22-45(28,41(55)56)50-39(53)36-20-31(23-52(36)40(54)38(44(4,5)6)49-43(57)61-30-17-26-16-27(26)18-30)60-37-21-34(35-24-62-42(48-35)46-25(2)3)47-33-19-29(8-9-32(33)37)59-15-12-51-10-13-58-14-11-51/h8-9,19,21,24-28,30-31,36,38H,7,10-18,20,22-23H2,1-6H3,(H,46,48)(H,49,57)(H,50,53)(H,55,56)/t26-,27+,28-,30?,31-,36+,38-,45+/m1/s1. The number of nitrogens with one attached hydrogen (secondary N) is 3. The van der Waals surface area contributed by atoms with Crippen molar-refractivity contribution in [3.05, 3.63) is 29.6 Å². The van der Waals surface area contributed by atoms with Gasteiger partial charge in [-0.1, -0.05) is 34.1 Å². The van der Waals surface area contributed by atoms with E-state index in [1.54, 1.807) is 0 Å². The summed E-state index contributed by atoms with van der Waals surface area (Å²) in [6, 6.07) is 5.54. The highest BCUT2D eigenvalue weighted by molar-refractivity contribution is 7.14. The number of hydrogen-bond donors (Lipinski definition) is 4. The highest BCUT2D eigenvalue weighted by atomic mass is 32.1. The van der Waals surface area contributed by atoms with Crippen LogP contribution < -0.4 is 25.4 Å². The van der Waals surface area contributed by atoms with Crippen molar-refractivity contribution in [2.24, 2.45) is 23.2 Å². The molecule has 1 unspecified atom stereocenters. The molecule has 0 bridgehead atoms. The number of hydrogen-bond acceptors (Lipinski definition) is 13. The van der Waals surface area contributed by atoms with Gasteiger partial charge in [0, 0.05) is 55.0 Å². The summed E-state index contributed by atoms with van der Waals surface area (Å²) in [5.41, 5.74) is -0.329. The van der Waals surface area contributed by atoms with Gasteiger partial charge < -0.3 is 44.9 Å². The number of aliphatic carboxylic acids is 1. The third-order valence-corrected chi connectivity index (χ3v) is 13.8. The van der Waals surface area contributed by atoms with Crippen molar-refractivity contribution in [1.29, 1.82) is 0 Å². The lowest BCUT2D eigenvalue weighted by Gasteiger charge is -2.35.